The molecule has 1 unspecified atom stereocenters. The van der Waals surface area contributed by atoms with Gasteiger partial charge in [-0.2, -0.15) is 0 Å². The maximum absolute atomic E-state index is 12.3. The molecule has 7 nitrogen and oxygen atoms in total. The van der Waals surface area contributed by atoms with Gasteiger partial charge in [-0.15, -0.1) is 0 Å². The van der Waals surface area contributed by atoms with Gasteiger partial charge in [0.05, 0.1) is 12.6 Å². The number of benzene rings is 1. The average molecular weight is 334 g/mol. The third-order valence-corrected chi connectivity index (χ3v) is 4.05. The van der Waals surface area contributed by atoms with Crippen LogP contribution in [-0.4, -0.2) is 55.7 Å². The number of carbonyl (C=O) groups excluding carboxylic acids is 2. The molecular formula is C17H22N2O5. The van der Waals surface area contributed by atoms with Crippen molar-refractivity contribution in [2.24, 2.45) is 0 Å². The number of anilines is 1. The first-order chi connectivity index (χ1) is 11.6. The molecule has 1 atom stereocenters. The van der Waals surface area contributed by atoms with E-state index in [4.69, 9.17) is 14.2 Å². The average Bonchev–Trinajstić information content (AvgIpc) is 3.07. The van der Waals surface area contributed by atoms with Crippen LogP contribution in [0.2, 0.25) is 0 Å². The number of carbonyl (C=O) groups is 2. The monoisotopic (exact) mass is 334 g/mol. The predicted molar refractivity (Wildman–Crippen MR) is 87.3 cm³/mol. The normalized spacial score (nSPS) is 19.0. The summed E-state index contributed by atoms with van der Waals surface area (Å²) in [5.74, 6) is 0.896. The van der Waals surface area contributed by atoms with Gasteiger partial charge in [0.15, 0.2) is 11.5 Å². The van der Waals surface area contributed by atoms with Gasteiger partial charge < -0.3 is 24.4 Å². The number of hydrogen-bond acceptors (Lipinski definition) is 5. The maximum atomic E-state index is 12.3. The summed E-state index contributed by atoms with van der Waals surface area (Å²) in [5.41, 5.74) is 0.616. The highest BCUT2D eigenvalue weighted by atomic mass is 16.6. The van der Waals surface area contributed by atoms with Crippen LogP contribution in [-0.2, 0) is 14.3 Å². The van der Waals surface area contributed by atoms with Gasteiger partial charge in [0, 0.05) is 31.8 Å². The number of amides is 2. The summed E-state index contributed by atoms with van der Waals surface area (Å²) in [7, 11) is 0. The zero-order valence-corrected chi connectivity index (χ0v) is 13.7. The van der Waals surface area contributed by atoms with Crippen molar-refractivity contribution >= 4 is 17.5 Å². The highest BCUT2D eigenvalue weighted by molar-refractivity contribution is 5.94. The van der Waals surface area contributed by atoms with E-state index in [1.54, 1.807) is 18.2 Å². The fourth-order valence-electron chi connectivity index (χ4n) is 2.83. The molecule has 0 aromatic heterocycles. The van der Waals surface area contributed by atoms with Crippen molar-refractivity contribution in [2.45, 2.75) is 25.9 Å². The summed E-state index contributed by atoms with van der Waals surface area (Å²) >= 11 is 0. The Kier molecular flexibility index (Phi) is 5.20. The fraction of sp³-hybridized carbons (Fsp3) is 0.529. The Balaban J connectivity index is 1.57. The lowest BCUT2D eigenvalue weighted by atomic mass is 10.2. The number of nitrogens with zero attached hydrogens (tertiary/aromatic N) is 1. The van der Waals surface area contributed by atoms with E-state index in [9.17, 15) is 9.59 Å². The first kappa shape index (κ1) is 16.6. The van der Waals surface area contributed by atoms with Gasteiger partial charge in [0.25, 0.3) is 0 Å². The van der Waals surface area contributed by atoms with Gasteiger partial charge in [0.2, 0.25) is 11.8 Å². The summed E-state index contributed by atoms with van der Waals surface area (Å²) in [4.78, 5) is 25.5. The second-order valence-corrected chi connectivity index (χ2v) is 5.94. The molecule has 1 saturated heterocycles. The Morgan fingerprint density at radius 3 is 2.71 bits per heavy atom. The molecule has 2 amide bonds. The molecule has 130 valence electrons. The van der Waals surface area contributed by atoms with Gasteiger partial charge in [-0.1, -0.05) is 0 Å². The van der Waals surface area contributed by atoms with Crippen LogP contribution in [0.5, 0.6) is 11.5 Å². The lowest BCUT2D eigenvalue weighted by molar-refractivity contribution is -0.134. The van der Waals surface area contributed by atoms with Crippen molar-refractivity contribution in [3.8, 4) is 11.5 Å². The zero-order valence-electron chi connectivity index (χ0n) is 13.7. The van der Waals surface area contributed by atoms with Gasteiger partial charge in [-0.3, -0.25) is 9.59 Å². The van der Waals surface area contributed by atoms with E-state index in [1.807, 2.05) is 0 Å². The molecule has 2 aliphatic heterocycles. The van der Waals surface area contributed by atoms with E-state index in [0.717, 1.165) is 19.4 Å². The van der Waals surface area contributed by atoms with Crippen molar-refractivity contribution in [1.29, 1.82) is 0 Å². The van der Waals surface area contributed by atoms with Crippen LogP contribution < -0.4 is 14.8 Å². The minimum Gasteiger partial charge on any atom is -0.486 e. The third kappa shape index (κ3) is 4.17. The van der Waals surface area contributed by atoms with E-state index in [-0.39, 0.29) is 24.5 Å². The number of ether oxygens (including phenoxy) is 3. The highest BCUT2D eigenvalue weighted by Gasteiger charge is 2.22. The molecule has 0 radical (unpaired) electrons. The standard InChI is InChI=1S/C17H22N2O5/c1-12(20)19(10-14-3-2-6-22-14)11-17(21)18-13-4-5-15-16(9-13)24-8-7-23-15/h4-5,9,14H,2-3,6-8,10-11H2,1H3,(H,18,21). The van der Waals surface area contributed by atoms with Gasteiger partial charge >= 0.3 is 0 Å². The minimum atomic E-state index is -0.250. The second kappa shape index (κ2) is 7.53. The molecule has 2 aliphatic rings. The SMILES string of the molecule is CC(=O)N(CC(=O)Nc1ccc2c(c1)OCCO2)CC1CCCO1. The molecule has 1 aromatic carbocycles. The topological polar surface area (TPSA) is 77.1 Å². The molecule has 3 rings (SSSR count). The predicted octanol–water partition coefficient (Wildman–Crippen LogP) is 1.42. The first-order valence-electron chi connectivity index (χ1n) is 8.18. The van der Waals surface area contributed by atoms with Crippen molar-refractivity contribution in [3.63, 3.8) is 0 Å². The van der Waals surface area contributed by atoms with Crippen LogP contribution in [0.4, 0.5) is 5.69 Å². The smallest absolute Gasteiger partial charge is 0.243 e. The zero-order chi connectivity index (χ0) is 16.9. The first-order valence-corrected chi connectivity index (χ1v) is 8.18. The van der Waals surface area contributed by atoms with Crippen LogP contribution >= 0.6 is 0 Å². The van der Waals surface area contributed by atoms with Crippen molar-refractivity contribution in [3.05, 3.63) is 18.2 Å². The van der Waals surface area contributed by atoms with Crippen molar-refractivity contribution in [2.75, 3.05) is 38.2 Å². The van der Waals surface area contributed by atoms with Crippen molar-refractivity contribution in [1.82, 2.24) is 4.90 Å². The van der Waals surface area contributed by atoms with Crippen LogP contribution in [0.15, 0.2) is 18.2 Å². The molecule has 0 bridgehead atoms. The van der Waals surface area contributed by atoms with E-state index in [1.165, 1.54) is 11.8 Å². The van der Waals surface area contributed by atoms with Crippen molar-refractivity contribution < 1.29 is 23.8 Å². The van der Waals surface area contributed by atoms with E-state index >= 15 is 0 Å². The Morgan fingerprint density at radius 2 is 2.00 bits per heavy atom. The minimum absolute atomic E-state index is 0.00361. The highest BCUT2D eigenvalue weighted by Crippen LogP contribution is 2.32. The molecule has 2 heterocycles. The third-order valence-electron chi connectivity index (χ3n) is 4.05. The van der Waals surface area contributed by atoms with Crippen LogP contribution in [0, 0.1) is 0 Å². The molecule has 24 heavy (non-hydrogen) atoms. The Hall–Kier alpha value is -2.28. The number of fused-ring (bicyclic) bond motifs is 1. The van der Waals surface area contributed by atoms with E-state index < -0.39 is 0 Å². The summed E-state index contributed by atoms with van der Waals surface area (Å²) in [6.45, 7) is 3.65. The molecule has 0 spiro atoms. The fourth-order valence-corrected chi connectivity index (χ4v) is 2.83. The molecule has 1 aromatic rings. The second-order valence-electron chi connectivity index (χ2n) is 5.94. The Morgan fingerprint density at radius 1 is 1.21 bits per heavy atom. The summed E-state index contributed by atoms with van der Waals surface area (Å²) in [6, 6.07) is 5.24. The molecule has 1 N–H and O–H groups in total. The molecular weight excluding hydrogens is 312 g/mol. The number of hydrogen-bond donors (Lipinski definition) is 1. The molecule has 0 aliphatic carbocycles. The van der Waals surface area contributed by atoms with Crippen LogP contribution in [0.1, 0.15) is 19.8 Å². The number of rotatable bonds is 5. The summed E-state index contributed by atoms with van der Waals surface area (Å²) in [6.07, 6.45) is 1.95. The maximum Gasteiger partial charge on any atom is 0.243 e. The molecule has 1 fully saturated rings. The lowest BCUT2D eigenvalue weighted by Crippen LogP contribution is -2.41. The molecule has 0 saturated carbocycles. The van der Waals surface area contributed by atoms with Gasteiger partial charge in [0.1, 0.15) is 13.2 Å². The Labute approximate surface area is 140 Å². The van der Waals surface area contributed by atoms with E-state index in [2.05, 4.69) is 5.32 Å². The Bertz CT molecular complexity index is 613. The van der Waals surface area contributed by atoms with Crippen LogP contribution in [0.25, 0.3) is 0 Å². The van der Waals surface area contributed by atoms with Crippen LogP contribution in [0.3, 0.4) is 0 Å². The van der Waals surface area contributed by atoms with E-state index in [0.29, 0.717) is 36.9 Å². The number of nitrogens with one attached hydrogen (secondary N) is 1. The van der Waals surface area contributed by atoms with Gasteiger partial charge in [-0.25, -0.2) is 0 Å². The lowest BCUT2D eigenvalue weighted by Gasteiger charge is -2.24. The largest absolute Gasteiger partial charge is 0.486 e. The summed E-state index contributed by atoms with van der Waals surface area (Å²) < 4.78 is 16.5. The summed E-state index contributed by atoms with van der Waals surface area (Å²) in [5, 5.41) is 2.79. The quantitative estimate of drug-likeness (QED) is 0.881. The molecule has 7 heteroatoms. The van der Waals surface area contributed by atoms with Gasteiger partial charge in [-0.05, 0) is 25.0 Å².